The van der Waals surface area contributed by atoms with E-state index < -0.39 is 0 Å². The third-order valence-corrected chi connectivity index (χ3v) is 4.97. The fraction of sp³-hybridized carbons (Fsp3) is 1.00. The third-order valence-electron chi connectivity index (χ3n) is 4.97. The average Bonchev–Trinajstić information content (AvgIpc) is 2.80. The molecule has 0 aromatic heterocycles. The molecule has 2 saturated carbocycles. The summed E-state index contributed by atoms with van der Waals surface area (Å²) >= 11 is 0. The van der Waals surface area contributed by atoms with Crippen molar-refractivity contribution in [1.29, 1.82) is 0 Å². The van der Waals surface area contributed by atoms with E-state index in [-0.39, 0.29) is 0 Å². The molecule has 0 bridgehead atoms. The van der Waals surface area contributed by atoms with Crippen LogP contribution in [-0.2, 0) is 0 Å². The van der Waals surface area contributed by atoms with Crippen LogP contribution in [0.2, 0.25) is 0 Å². The first kappa shape index (κ1) is 12.4. The molecule has 0 aliphatic heterocycles. The molecule has 1 heteroatoms. The minimum absolute atomic E-state index is 0.985. The maximum Gasteiger partial charge on any atom is -0.00179 e. The Morgan fingerprint density at radius 1 is 1.06 bits per heavy atom. The molecule has 1 nitrogen and oxygen atoms in total. The molecule has 0 amide bonds. The number of hydrogen-bond donors (Lipinski definition) is 1. The summed E-state index contributed by atoms with van der Waals surface area (Å²) in [5.74, 6) is 4.10. The highest BCUT2D eigenvalue weighted by molar-refractivity contribution is 4.86. The molecule has 16 heavy (non-hydrogen) atoms. The Morgan fingerprint density at radius 2 is 1.81 bits per heavy atom. The molecule has 3 unspecified atom stereocenters. The highest BCUT2D eigenvalue weighted by Gasteiger charge is 2.34. The van der Waals surface area contributed by atoms with E-state index in [4.69, 9.17) is 0 Å². The van der Waals surface area contributed by atoms with Gasteiger partial charge in [-0.2, -0.15) is 0 Å². The van der Waals surface area contributed by atoms with Crippen LogP contribution in [0.3, 0.4) is 0 Å². The van der Waals surface area contributed by atoms with Gasteiger partial charge in [0, 0.05) is 0 Å². The van der Waals surface area contributed by atoms with E-state index in [1.165, 1.54) is 51.5 Å². The molecule has 2 aliphatic carbocycles. The summed E-state index contributed by atoms with van der Waals surface area (Å²) in [5.41, 5.74) is 0. The van der Waals surface area contributed by atoms with E-state index in [0.29, 0.717) is 0 Å². The van der Waals surface area contributed by atoms with Gasteiger partial charge in [0.05, 0.1) is 0 Å². The predicted octanol–water partition coefficient (Wildman–Crippen LogP) is 3.84. The summed E-state index contributed by atoms with van der Waals surface area (Å²) in [5, 5.41) is 3.59. The first-order valence-electron chi connectivity index (χ1n) is 7.52. The van der Waals surface area contributed by atoms with E-state index in [1.54, 1.807) is 0 Å². The number of nitrogens with one attached hydrogen (secondary N) is 1. The van der Waals surface area contributed by atoms with Gasteiger partial charge in [0.15, 0.2) is 0 Å². The minimum Gasteiger partial charge on any atom is -0.317 e. The Kier molecular flexibility index (Phi) is 4.69. The van der Waals surface area contributed by atoms with Crippen LogP contribution in [-0.4, -0.2) is 13.1 Å². The van der Waals surface area contributed by atoms with Crippen molar-refractivity contribution in [2.75, 3.05) is 13.1 Å². The van der Waals surface area contributed by atoms with Crippen LogP contribution in [0.5, 0.6) is 0 Å². The Balaban J connectivity index is 1.91. The average molecular weight is 223 g/mol. The van der Waals surface area contributed by atoms with E-state index in [2.05, 4.69) is 19.2 Å². The topological polar surface area (TPSA) is 12.0 Å². The summed E-state index contributed by atoms with van der Waals surface area (Å²) in [6.45, 7) is 7.12. The van der Waals surface area contributed by atoms with Crippen molar-refractivity contribution in [3.05, 3.63) is 0 Å². The van der Waals surface area contributed by atoms with Crippen LogP contribution in [0.4, 0.5) is 0 Å². The molecule has 0 aromatic rings. The molecule has 3 atom stereocenters. The summed E-state index contributed by atoms with van der Waals surface area (Å²) in [7, 11) is 0. The van der Waals surface area contributed by atoms with Crippen molar-refractivity contribution in [2.24, 2.45) is 23.7 Å². The SMILES string of the molecule is CCNCC1CCC(C)CC1C1CCCC1. The van der Waals surface area contributed by atoms with Gasteiger partial charge in [-0.05, 0) is 49.6 Å². The lowest BCUT2D eigenvalue weighted by Gasteiger charge is -2.38. The van der Waals surface area contributed by atoms with Gasteiger partial charge in [0.2, 0.25) is 0 Å². The van der Waals surface area contributed by atoms with E-state index in [9.17, 15) is 0 Å². The molecule has 2 fully saturated rings. The first-order valence-corrected chi connectivity index (χ1v) is 7.52. The van der Waals surface area contributed by atoms with Crippen LogP contribution in [0.1, 0.15) is 58.8 Å². The summed E-state index contributed by atoms with van der Waals surface area (Å²) in [6, 6.07) is 0. The molecule has 1 N–H and O–H groups in total. The van der Waals surface area contributed by atoms with Gasteiger partial charge in [-0.15, -0.1) is 0 Å². The third kappa shape index (κ3) is 3.00. The molecular weight excluding hydrogens is 194 g/mol. The highest BCUT2D eigenvalue weighted by atomic mass is 14.8. The zero-order valence-corrected chi connectivity index (χ0v) is 11.2. The van der Waals surface area contributed by atoms with Gasteiger partial charge in [0.1, 0.15) is 0 Å². The van der Waals surface area contributed by atoms with E-state index in [0.717, 1.165) is 30.2 Å². The summed E-state index contributed by atoms with van der Waals surface area (Å²) < 4.78 is 0. The second-order valence-corrected chi connectivity index (χ2v) is 6.19. The van der Waals surface area contributed by atoms with Crippen molar-refractivity contribution in [3.63, 3.8) is 0 Å². The summed E-state index contributed by atoms with van der Waals surface area (Å²) in [4.78, 5) is 0. The van der Waals surface area contributed by atoms with Crippen LogP contribution in [0.25, 0.3) is 0 Å². The lowest BCUT2D eigenvalue weighted by atomic mass is 9.68. The van der Waals surface area contributed by atoms with Crippen molar-refractivity contribution < 1.29 is 0 Å². The Morgan fingerprint density at radius 3 is 2.50 bits per heavy atom. The maximum atomic E-state index is 3.59. The van der Waals surface area contributed by atoms with E-state index >= 15 is 0 Å². The van der Waals surface area contributed by atoms with Gasteiger partial charge in [-0.3, -0.25) is 0 Å². The second kappa shape index (κ2) is 6.05. The predicted molar refractivity (Wildman–Crippen MR) is 70.5 cm³/mol. The molecule has 2 aliphatic rings. The van der Waals surface area contributed by atoms with Crippen molar-refractivity contribution in [1.82, 2.24) is 5.32 Å². The van der Waals surface area contributed by atoms with Crippen molar-refractivity contribution >= 4 is 0 Å². The number of hydrogen-bond acceptors (Lipinski definition) is 1. The second-order valence-electron chi connectivity index (χ2n) is 6.19. The Bertz CT molecular complexity index is 194. The quantitative estimate of drug-likeness (QED) is 0.763. The van der Waals surface area contributed by atoms with Gasteiger partial charge in [-0.25, -0.2) is 0 Å². The normalized spacial score (nSPS) is 36.8. The van der Waals surface area contributed by atoms with Crippen LogP contribution >= 0.6 is 0 Å². The minimum atomic E-state index is 0.985. The molecule has 2 rings (SSSR count). The van der Waals surface area contributed by atoms with Crippen LogP contribution in [0, 0.1) is 23.7 Å². The highest BCUT2D eigenvalue weighted by Crippen LogP contribution is 2.43. The maximum absolute atomic E-state index is 3.59. The molecule has 0 spiro atoms. The molecule has 0 radical (unpaired) electrons. The first-order chi connectivity index (χ1) is 7.81. The van der Waals surface area contributed by atoms with Gasteiger partial charge in [0.25, 0.3) is 0 Å². The fourth-order valence-corrected chi connectivity index (χ4v) is 4.03. The van der Waals surface area contributed by atoms with Gasteiger partial charge >= 0.3 is 0 Å². The number of rotatable bonds is 4. The van der Waals surface area contributed by atoms with E-state index in [1.807, 2.05) is 0 Å². The van der Waals surface area contributed by atoms with Crippen LogP contribution < -0.4 is 5.32 Å². The van der Waals surface area contributed by atoms with Gasteiger partial charge in [-0.1, -0.05) is 46.0 Å². The lowest BCUT2D eigenvalue weighted by Crippen LogP contribution is -2.35. The monoisotopic (exact) mass is 223 g/mol. The van der Waals surface area contributed by atoms with Crippen LogP contribution in [0.15, 0.2) is 0 Å². The van der Waals surface area contributed by atoms with Crippen molar-refractivity contribution in [2.45, 2.75) is 58.8 Å². The molecule has 0 saturated heterocycles. The largest absolute Gasteiger partial charge is 0.317 e. The van der Waals surface area contributed by atoms with Crippen molar-refractivity contribution in [3.8, 4) is 0 Å². The molecular formula is C15H29N. The Hall–Kier alpha value is -0.0400. The smallest absolute Gasteiger partial charge is 0.00179 e. The molecule has 94 valence electrons. The fourth-order valence-electron chi connectivity index (χ4n) is 4.03. The standard InChI is InChI=1S/C15H29N/c1-3-16-11-14-9-8-12(2)10-15(14)13-6-4-5-7-13/h12-16H,3-11H2,1-2H3. The zero-order chi connectivity index (χ0) is 11.4. The lowest BCUT2D eigenvalue weighted by molar-refractivity contribution is 0.127. The summed E-state index contributed by atoms with van der Waals surface area (Å²) in [6.07, 6.45) is 10.5. The molecule has 0 aromatic carbocycles. The Labute approximate surface area is 101 Å². The molecule has 0 heterocycles. The zero-order valence-electron chi connectivity index (χ0n) is 11.2. The van der Waals surface area contributed by atoms with Gasteiger partial charge < -0.3 is 5.32 Å².